The normalized spacial score (nSPS) is 21.3. The molecular weight excluding hydrogens is 277 g/mol. The predicted octanol–water partition coefficient (Wildman–Crippen LogP) is 0.128. The van der Waals surface area contributed by atoms with Gasteiger partial charge in [-0.1, -0.05) is 23.2 Å². The molecule has 1 aliphatic heterocycles. The number of fused-ring (bicyclic) bond motifs is 1. The molecule has 0 saturated heterocycles. The van der Waals surface area contributed by atoms with Gasteiger partial charge in [-0.2, -0.15) is 0 Å². The molecule has 0 fully saturated rings. The first kappa shape index (κ1) is 13.7. The number of hydrogen-bond donors (Lipinski definition) is 2. The lowest BCUT2D eigenvalue weighted by Crippen LogP contribution is -2.43. The molecule has 0 spiro atoms. The number of aliphatic hydroxyl groups is 1. The van der Waals surface area contributed by atoms with Crippen molar-refractivity contribution in [1.29, 1.82) is 0 Å². The van der Waals surface area contributed by atoms with Crippen LogP contribution in [0.3, 0.4) is 0 Å². The smallest absolute Gasteiger partial charge is 0.229 e. The van der Waals surface area contributed by atoms with E-state index in [0.29, 0.717) is 20.8 Å². The Balaban J connectivity index is 2.38. The molecule has 1 aromatic carbocycles. The molecule has 1 aromatic rings. The minimum Gasteiger partial charge on any atom is -0.394 e. The van der Waals surface area contributed by atoms with Gasteiger partial charge in [-0.25, -0.2) is 9.98 Å². The highest BCUT2D eigenvalue weighted by Gasteiger charge is 2.30. The van der Waals surface area contributed by atoms with Crippen molar-refractivity contribution in [1.82, 2.24) is 5.32 Å². The Bertz CT molecular complexity index is 564. The molecule has 7 heteroatoms. The van der Waals surface area contributed by atoms with Crippen LogP contribution in [0, 0.1) is 0 Å². The predicted molar refractivity (Wildman–Crippen MR) is 68.5 cm³/mol. The van der Waals surface area contributed by atoms with Gasteiger partial charge in [0.05, 0.1) is 28.6 Å². The highest BCUT2D eigenvalue weighted by atomic mass is 35.5. The number of ether oxygens (including phenoxy) is 1. The summed E-state index contributed by atoms with van der Waals surface area (Å²) in [6.45, 7) is 0.408. The summed E-state index contributed by atoms with van der Waals surface area (Å²) in [4.78, 5) is 8.88. The minimum absolute atomic E-state index is 0.0423. The maximum absolute atomic E-state index is 8.71. The molecule has 0 saturated carbocycles. The molecular formula is C11H13Cl2N3O2. The molecule has 1 unspecified atom stereocenters. The topological polar surface area (TPSA) is 66.2 Å². The summed E-state index contributed by atoms with van der Waals surface area (Å²) >= 11 is 12.0. The molecule has 18 heavy (non-hydrogen) atoms. The van der Waals surface area contributed by atoms with Crippen LogP contribution in [0.15, 0.2) is 22.1 Å². The Morgan fingerprint density at radius 3 is 2.83 bits per heavy atom. The van der Waals surface area contributed by atoms with Crippen molar-refractivity contribution in [2.75, 3.05) is 26.9 Å². The molecule has 0 aromatic heterocycles. The van der Waals surface area contributed by atoms with Crippen molar-refractivity contribution in [2.45, 2.75) is 5.79 Å². The van der Waals surface area contributed by atoms with Gasteiger partial charge in [0, 0.05) is 0 Å². The van der Waals surface area contributed by atoms with Crippen LogP contribution in [0.4, 0.5) is 0 Å². The van der Waals surface area contributed by atoms with Crippen molar-refractivity contribution in [3.8, 4) is 0 Å². The SMILES string of the molecule is CNC1(COCCO)N=c2ccc(Cl)c(Cl)c2=N1. The fourth-order valence-corrected chi connectivity index (χ4v) is 2.02. The second kappa shape index (κ2) is 5.50. The van der Waals surface area contributed by atoms with Gasteiger partial charge < -0.3 is 9.84 Å². The quantitative estimate of drug-likeness (QED) is 0.757. The molecule has 5 nitrogen and oxygen atoms in total. The first-order valence-electron chi connectivity index (χ1n) is 5.43. The highest BCUT2D eigenvalue weighted by Crippen LogP contribution is 2.18. The van der Waals surface area contributed by atoms with E-state index in [1.54, 1.807) is 19.2 Å². The molecule has 1 atom stereocenters. The third-order valence-corrected chi connectivity index (χ3v) is 3.38. The zero-order chi connectivity index (χ0) is 13.2. The van der Waals surface area contributed by atoms with Gasteiger partial charge in [-0.05, 0) is 19.2 Å². The maximum atomic E-state index is 8.71. The van der Waals surface area contributed by atoms with Crippen molar-refractivity contribution in [3.05, 3.63) is 32.9 Å². The first-order chi connectivity index (χ1) is 8.62. The lowest BCUT2D eigenvalue weighted by atomic mass is 10.3. The first-order valence-corrected chi connectivity index (χ1v) is 6.19. The van der Waals surface area contributed by atoms with Crippen molar-refractivity contribution in [2.24, 2.45) is 9.98 Å². The number of nitrogens with one attached hydrogen (secondary N) is 1. The molecule has 0 radical (unpaired) electrons. The van der Waals surface area contributed by atoms with Gasteiger partial charge in [-0.3, -0.25) is 5.32 Å². The average molecular weight is 290 g/mol. The van der Waals surface area contributed by atoms with E-state index in [0.717, 1.165) is 0 Å². The summed E-state index contributed by atoms with van der Waals surface area (Å²) in [6.07, 6.45) is 0. The van der Waals surface area contributed by atoms with E-state index in [1.165, 1.54) is 0 Å². The summed E-state index contributed by atoms with van der Waals surface area (Å²) in [5, 5.41) is 13.8. The molecule has 0 aliphatic carbocycles. The van der Waals surface area contributed by atoms with Crippen LogP contribution in [-0.4, -0.2) is 37.8 Å². The second-order valence-electron chi connectivity index (χ2n) is 3.80. The van der Waals surface area contributed by atoms with Crippen LogP contribution in [0.25, 0.3) is 0 Å². The zero-order valence-corrected chi connectivity index (χ0v) is 11.3. The number of hydrogen-bond acceptors (Lipinski definition) is 5. The lowest BCUT2D eigenvalue weighted by molar-refractivity contribution is 0.0518. The standard InChI is InChI=1S/C11H13Cl2N3O2/c1-14-11(6-18-5-4-17)15-8-3-2-7(12)9(13)10(8)16-11/h2-3,14,17H,4-6H2,1H3. The van der Waals surface area contributed by atoms with Crippen LogP contribution in [0.5, 0.6) is 0 Å². The lowest BCUT2D eigenvalue weighted by Gasteiger charge is -2.21. The van der Waals surface area contributed by atoms with E-state index >= 15 is 0 Å². The van der Waals surface area contributed by atoms with E-state index < -0.39 is 5.79 Å². The van der Waals surface area contributed by atoms with Gasteiger partial charge in [0.2, 0.25) is 5.79 Å². The van der Waals surface area contributed by atoms with Gasteiger partial charge >= 0.3 is 0 Å². The Morgan fingerprint density at radius 1 is 1.39 bits per heavy atom. The molecule has 0 amide bonds. The van der Waals surface area contributed by atoms with Gasteiger partial charge in [0.1, 0.15) is 12.0 Å². The highest BCUT2D eigenvalue weighted by molar-refractivity contribution is 6.41. The van der Waals surface area contributed by atoms with E-state index in [1.807, 2.05) is 0 Å². The molecule has 2 rings (SSSR count). The molecule has 1 aliphatic rings. The van der Waals surface area contributed by atoms with Crippen LogP contribution in [0.1, 0.15) is 0 Å². The third kappa shape index (κ3) is 2.50. The summed E-state index contributed by atoms with van der Waals surface area (Å²) < 4.78 is 5.29. The summed E-state index contributed by atoms with van der Waals surface area (Å²) in [6, 6.07) is 3.44. The molecule has 2 N–H and O–H groups in total. The molecule has 1 heterocycles. The molecule has 0 bridgehead atoms. The number of rotatable bonds is 5. The van der Waals surface area contributed by atoms with Crippen molar-refractivity contribution < 1.29 is 9.84 Å². The summed E-state index contributed by atoms with van der Waals surface area (Å²) in [7, 11) is 1.73. The molecule has 98 valence electrons. The number of benzene rings is 1. The fraction of sp³-hybridized carbons (Fsp3) is 0.455. The van der Waals surface area contributed by atoms with Gasteiger partial charge in [0.25, 0.3) is 0 Å². The van der Waals surface area contributed by atoms with E-state index in [9.17, 15) is 0 Å². The minimum atomic E-state index is -0.897. The Morgan fingerprint density at radius 2 is 2.17 bits per heavy atom. The number of halogens is 2. The van der Waals surface area contributed by atoms with Gasteiger partial charge in [-0.15, -0.1) is 0 Å². The number of likely N-dealkylation sites (N-methyl/N-ethyl adjacent to an activating group) is 1. The van der Waals surface area contributed by atoms with Crippen LogP contribution in [0.2, 0.25) is 10.0 Å². The average Bonchev–Trinajstić information content (AvgIpc) is 2.75. The largest absolute Gasteiger partial charge is 0.394 e. The fourth-order valence-electron chi connectivity index (χ4n) is 1.66. The van der Waals surface area contributed by atoms with Gasteiger partial charge in [0.15, 0.2) is 0 Å². The van der Waals surface area contributed by atoms with E-state index in [4.69, 9.17) is 33.0 Å². The summed E-state index contributed by atoms with van der Waals surface area (Å²) in [5.74, 6) is -0.897. The number of nitrogens with zero attached hydrogens (tertiary/aromatic N) is 2. The zero-order valence-electron chi connectivity index (χ0n) is 9.78. The third-order valence-electron chi connectivity index (χ3n) is 2.59. The van der Waals surface area contributed by atoms with Crippen molar-refractivity contribution >= 4 is 23.2 Å². The monoisotopic (exact) mass is 289 g/mol. The second-order valence-corrected chi connectivity index (χ2v) is 4.58. The Labute approximate surface area is 114 Å². The maximum Gasteiger partial charge on any atom is 0.229 e. The Kier molecular flexibility index (Phi) is 4.19. The van der Waals surface area contributed by atoms with Crippen LogP contribution in [-0.2, 0) is 4.74 Å². The van der Waals surface area contributed by atoms with E-state index in [2.05, 4.69) is 15.3 Å². The number of aliphatic hydroxyl groups excluding tert-OH is 1. The Hall–Kier alpha value is -0.720. The van der Waals surface area contributed by atoms with Crippen LogP contribution >= 0.6 is 23.2 Å². The van der Waals surface area contributed by atoms with Crippen LogP contribution < -0.4 is 16.0 Å². The van der Waals surface area contributed by atoms with E-state index in [-0.39, 0.29) is 19.8 Å². The summed E-state index contributed by atoms with van der Waals surface area (Å²) in [5.41, 5.74) is 0. The van der Waals surface area contributed by atoms with Crippen molar-refractivity contribution in [3.63, 3.8) is 0 Å².